The van der Waals surface area contributed by atoms with Gasteiger partial charge in [-0.25, -0.2) is 0 Å². The predicted molar refractivity (Wildman–Crippen MR) is 59.2 cm³/mol. The highest BCUT2D eigenvalue weighted by atomic mass is 16.1. The Morgan fingerprint density at radius 2 is 2.40 bits per heavy atom. The molecule has 0 radical (unpaired) electrons. The van der Waals surface area contributed by atoms with Gasteiger partial charge in [-0.2, -0.15) is 0 Å². The summed E-state index contributed by atoms with van der Waals surface area (Å²) >= 11 is 0. The summed E-state index contributed by atoms with van der Waals surface area (Å²) in [5.41, 5.74) is 6.41. The first kappa shape index (κ1) is 11.7. The van der Waals surface area contributed by atoms with Crippen LogP contribution in [-0.2, 0) is 11.2 Å². The number of pyridine rings is 1. The Kier molecular flexibility index (Phi) is 5.40. The highest BCUT2D eigenvalue weighted by Crippen LogP contribution is 1.99. The fraction of sp³-hybridized carbons (Fsp3) is 0.455. The van der Waals surface area contributed by atoms with E-state index in [1.54, 1.807) is 12.4 Å². The fourth-order valence-corrected chi connectivity index (χ4v) is 1.22. The molecule has 0 aliphatic rings. The molecule has 1 heterocycles. The summed E-state index contributed by atoms with van der Waals surface area (Å²) in [6.45, 7) is 1.28. The second-order valence-electron chi connectivity index (χ2n) is 3.35. The summed E-state index contributed by atoms with van der Waals surface area (Å²) in [4.78, 5) is 15.3. The lowest BCUT2D eigenvalue weighted by atomic mass is 10.1. The Hall–Kier alpha value is -1.42. The lowest BCUT2D eigenvalue weighted by Gasteiger charge is -2.03. The van der Waals surface area contributed by atoms with E-state index in [2.05, 4.69) is 10.3 Å². The number of hydrogen-bond acceptors (Lipinski definition) is 3. The Balaban J connectivity index is 2.17. The fourth-order valence-electron chi connectivity index (χ4n) is 1.22. The highest BCUT2D eigenvalue weighted by molar-refractivity contribution is 5.76. The standard InChI is InChI=1S/C11H17N3O/c12-6-2-8-14-11(15)5-4-10-3-1-7-13-9-10/h1,3,7,9H,2,4-6,8,12H2,(H,14,15). The van der Waals surface area contributed by atoms with Gasteiger partial charge in [-0.1, -0.05) is 6.07 Å². The van der Waals surface area contributed by atoms with E-state index >= 15 is 0 Å². The van der Waals surface area contributed by atoms with Crippen LogP contribution < -0.4 is 11.1 Å². The predicted octanol–water partition coefficient (Wildman–Crippen LogP) is 0.479. The molecule has 0 spiro atoms. The maximum absolute atomic E-state index is 11.3. The van der Waals surface area contributed by atoms with Crippen LogP contribution in [0.2, 0.25) is 0 Å². The molecular formula is C11H17N3O. The zero-order valence-electron chi connectivity index (χ0n) is 8.78. The molecule has 3 N–H and O–H groups in total. The SMILES string of the molecule is NCCCNC(=O)CCc1cccnc1. The molecule has 1 rings (SSSR count). The third-order valence-corrected chi connectivity index (χ3v) is 2.07. The van der Waals surface area contributed by atoms with Gasteiger partial charge in [0.15, 0.2) is 0 Å². The van der Waals surface area contributed by atoms with E-state index in [0.29, 0.717) is 19.5 Å². The molecule has 15 heavy (non-hydrogen) atoms. The van der Waals surface area contributed by atoms with E-state index in [4.69, 9.17) is 5.73 Å². The Labute approximate surface area is 89.9 Å². The van der Waals surface area contributed by atoms with Gasteiger partial charge in [0.2, 0.25) is 5.91 Å². The molecule has 0 aliphatic carbocycles. The number of nitrogens with two attached hydrogens (primary N) is 1. The maximum atomic E-state index is 11.3. The van der Waals surface area contributed by atoms with Gasteiger partial charge in [0.25, 0.3) is 0 Å². The monoisotopic (exact) mass is 207 g/mol. The summed E-state index contributed by atoms with van der Waals surface area (Å²) in [6.07, 6.45) is 5.59. The average Bonchev–Trinajstić information content (AvgIpc) is 2.28. The number of aromatic nitrogens is 1. The largest absolute Gasteiger partial charge is 0.356 e. The van der Waals surface area contributed by atoms with Gasteiger partial charge in [-0.05, 0) is 31.0 Å². The summed E-state index contributed by atoms with van der Waals surface area (Å²) in [5.74, 6) is 0.0762. The van der Waals surface area contributed by atoms with Crippen molar-refractivity contribution in [1.29, 1.82) is 0 Å². The van der Waals surface area contributed by atoms with Crippen LogP contribution in [0.5, 0.6) is 0 Å². The summed E-state index contributed by atoms with van der Waals surface area (Å²) in [7, 11) is 0. The number of aryl methyl sites for hydroxylation is 1. The van der Waals surface area contributed by atoms with Gasteiger partial charge in [0, 0.05) is 25.4 Å². The van der Waals surface area contributed by atoms with Crippen molar-refractivity contribution < 1.29 is 4.79 Å². The first-order valence-corrected chi connectivity index (χ1v) is 5.18. The quantitative estimate of drug-likeness (QED) is 0.667. The summed E-state index contributed by atoms with van der Waals surface area (Å²) in [6, 6.07) is 3.85. The smallest absolute Gasteiger partial charge is 0.220 e. The molecule has 0 aromatic carbocycles. The number of hydrogen-bond donors (Lipinski definition) is 2. The third kappa shape index (κ3) is 5.12. The molecule has 0 atom stereocenters. The van der Waals surface area contributed by atoms with Crippen molar-refractivity contribution in [2.45, 2.75) is 19.3 Å². The normalized spacial score (nSPS) is 9.93. The lowest BCUT2D eigenvalue weighted by molar-refractivity contribution is -0.121. The molecule has 0 fully saturated rings. The Morgan fingerprint density at radius 3 is 3.07 bits per heavy atom. The van der Waals surface area contributed by atoms with Crippen molar-refractivity contribution in [3.63, 3.8) is 0 Å². The van der Waals surface area contributed by atoms with Gasteiger partial charge in [0.1, 0.15) is 0 Å². The number of carbonyl (C=O) groups excluding carboxylic acids is 1. The van der Waals surface area contributed by atoms with Crippen molar-refractivity contribution in [3.8, 4) is 0 Å². The van der Waals surface area contributed by atoms with Crippen LogP contribution in [0, 0.1) is 0 Å². The summed E-state index contributed by atoms with van der Waals surface area (Å²) in [5, 5.41) is 2.81. The molecule has 1 aromatic heterocycles. The van der Waals surface area contributed by atoms with E-state index in [1.165, 1.54) is 0 Å². The Bertz CT molecular complexity index is 287. The van der Waals surface area contributed by atoms with Crippen LogP contribution in [0.1, 0.15) is 18.4 Å². The molecule has 0 saturated heterocycles. The first-order chi connectivity index (χ1) is 7.33. The van der Waals surface area contributed by atoms with Crippen molar-refractivity contribution >= 4 is 5.91 Å². The zero-order chi connectivity index (χ0) is 10.9. The van der Waals surface area contributed by atoms with E-state index < -0.39 is 0 Å². The first-order valence-electron chi connectivity index (χ1n) is 5.18. The molecule has 0 bridgehead atoms. The molecule has 0 unspecified atom stereocenters. The van der Waals surface area contributed by atoms with Gasteiger partial charge >= 0.3 is 0 Å². The van der Waals surface area contributed by atoms with Crippen LogP contribution in [0.15, 0.2) is 24.5 Å². The van der Waals surface area contributed by atoms with Crippen molar-refractivity contribution in [2.75, 3.05) is 13.1 Å². The minimum Gasteiger partial charge on any atom is -0.356 e. The van der Waals surface area contributed by atoms with Gasteiger partial charge in [-0.15, -0.1) is 0 Å². The number of nitrogens with zero attached hydrogens (tertiary/aromatic N) is 1. The van der Waals surface area contributed by atoms with Gasteiger partial charge in [-0.3, -0.25) is 9.78 Å². The molecule has 82 valence electrons. The maximum Gasteiger partial charge on any atom is 0.220 e. The minimum absolute atomic E-state index is 0.0762. The average molecular weight is 207 g/mol. The number of amides is 1. The van der Waals surface area contributed by atoms with Crippen molar-refractivity contribution in [3.05, 3.63) is 30.1 Å². The molecule has 1 aromatic rings. The zero-order valence-corrected chi connectivity index (χ0v) is 8.78. The highest BCUT2D eigenvalue weighted by Gasteiger charge is 2.00. The van der Waals surface area contributed by atoms with E-state index in [9.17, 15) is 4.79 Å². The Morgan fingerprint density at radius 1 is 1.53 bits per heavy atom. The van der Waals surface area contributed by atoms with E-state index in [1.807, 2.05) is 12.1 Å². The van der Waals surface area contributed by atoms with Gasteiger partial charge in [0.05, 0.1) is 0 Å². The third-order valence-electron chi connectivity index (χ3n) is 2.07. The van der Waals surface area contributed by atoms with Crippen LogP contribution >= 0.6 is 0 Å². The van der Waals surface area contributed by atoms with Crippen LogP contribution in [0.4, 0.5) is 0 Å². The van der Waals surface area contributed by atoms with E-state index in [-0.39, 0.29) is 5.91 Å². The van der Waals surface area contributed by atoms with Gasteiger partial charge < -0.3 is 11.1 Å². The topological polar surface area (TPSA) is 68.0 Å². The number of nitrogens with one attached hydrogen (secondary N) is 1. The molecule has 4 heteroatoms. The second kappa shape index (κ2) is 6.95. The minimum atomic E-state index is 0.0762. The second-order valence-corrected chi connectivity index (χ2v) is 3.35. The number of rotatable bonds is 6. The molecule has 4 nitrogen and oxygen atoms in total. The van der Waals surface area contributed by atoms with Crippen molar-refractivity contribution in [2.24, 2.45) is 5.73 Å². The van der Waals surface area contributed by atoms with Crippen molar-refractivity contribution in [1.82, 2.24) is 10.3 Å². The molecule has 0 saturated carbocycles. The summed E-state index contributed by atoms with van der Waals surface area (Å²) < 4.78 is 0. The number of carbonyl (C=O) groups is 1. The molecule has 0 aliphatic heterocycles. The molecule has 1 amide bonds. The lowest BCUT2D eigenvalue weighted by Crippen LogP contribution is -2.26. The molecular weight excluding hydrogens is 190 g/mol. The van der Waals surface area contributed by atoms with Crippen LogP contribution in [0.25, 0.3) is 0 Å². The van der Waals surface area contributed by atoms with Crippen LogP contribution in [0.3, 0.4) is 0 Å². The van der Waals surface area contributed by atoms with E-state index in [0.717, 1.165) is 18.4 Å². The van der Waals surface area contributed by atoms with Crippen LogP contribution in [-0.4, -0.2) is 24.0 Å².